The second kappa shape index (κ2) is 10.8. The summed E-state index contributed by atoms with van der Waals surface area (Å²) in [5, 5.41) is 1.94. The molecule has 18 heavy (non-hydrogen) atoms. The Morgan fingerprint density at radius 1 is 1.11 bits per heavy atom. The van der Waals surface area contributed by atoms with Gasteiger partial charge in [0.25, 0.3) is 0 Å². The van der Waals surface area contributed by atoms with Gasteiger partial charge in [-0.2, -0.15) is 5.06 Å². The van der Waals surface area contributed by atoms with Crippen LogP contribution in [0.3, 0.4) is 0 Å². The summed E-state index contributed by atoms with van der Waals surface area (Å²) in [6, 6.07) is 0. The van der Waals surface area contributed by atoms with E-state index in [2.05, 4.69) is 6.92 Å². The summed E-state index contributed by atoms with van der Waals surface area (Å²) in [5.41, 5.74) is 0. The van der Waals surface area contributed by atoms with Gasteiger partial charge in [-0.15, -0.1) is 0 Å². The van der Waals surface area contributed by atoms with Crippen LogP contribution in [-0.2, 0) is 9.57 Å². The highest BCUT2D eigenvalue weighted by Gasteiger charge is 2.17. The quantitative estimate of drug-likeness (QED) is 0.558. The molecule has 1 atom stereocenters. The monoisotopic (exact) mass is 257 g/mol. The van der Waals surface area contributed by atoms with E-state index < -0.39 is 0 Å². The summed E-state index contributed by atoms with van der Waals surface area (Å²) in [5.74, 6) is 0.660. The molecule has 0 aromatic heterocycles. The van der Waals surface area contributed by atoms with Crippen LogP contribution in [0.25, 0.3) is 0 Å². The molecule has 0 N–H and O–H groups in total. The number of ether oxygens (including phenoxy) is 1. The first kappa shape index (κ1) is 15.9. The third-order valence-corrected chi connectivity index (χ3v) is 3.60. The predicted octanol–water partition coefficient (Wildman–Crippen LogP) is 3.64. The molecule has 0 saturated carbocycles. The Bertz CT molecular complexity index is 187. The largest absolute Gasteiger partial charge is 0.381 e. The van der Waals surface area contributed by atoms with Gasteiger partial charge in [0.05, 0.1) is 13.2 Å². The van der Waals surface area contributed by atoms with E-state index in [1.807, 2.05) is 12.1 Å². The average Bonchev–Trinajstić information content (AvgIpc) is 2.37. The minimum absolute atomic E-state index is 0.660. The van der Waals surface area contributed by atoms with Gasteiger partial charge in [0.15, 0.2) is 0 Å². The maximum absolute atomic E-state index is 5.77. The first-order chi connectivity index (χ1) is 8.83. The highest BCUT2D eigenvalue weighted by molar-refractivity contribution is 4.63. The van der Waals surface area contributed by atoms with Gasteiger partial charge >= 0.3 is 0 Å². The smallest absolute Gasteiger partial charge is 0.0688 e. The number of hydroxylamine groups is 2. The van der Waals surface area contributed by atoms with E-state index in [0.717, 1.165) is 32.8 Å². The summed E-state index contributed by atoms with van der Waals surface area (Å²) in [6.07, 6.45) is 10.6. The molecule has 1 rings (SSSR count). The number of nitrogens with zero attached hydrogens (tertiary/aromatic N) is 1. The van der Waals surface area contributed by atoms with E-state index in [0.29, 0.717) is 5.92 Å². The predicted molar refractivity (Wildman–Crippen MR) is 75.5 cm³/mol. The van der Waals surface area contributed by atoms with E-state index in [1.54, 1.807) is 0 Å². The van der Waals surface area contributed by atoms with Gasteiger partial charge < -0.3 is 4.74 Å². The van der Waals surface area contributed by atoms with E-state index in [4.69, 9.17) is 9.57 Å². The van der Waals surface area contributed by atoms with Crippen LogP contribution in [0.2, 0.25) is 0 Å². The van der Waals surface area contributed by atoms with Crippen molar-refractivity contribution in [1.82, 2.24) is 5.06 Å². The Morgan fingerprint density at radius 3 is 2.56 bits per heavy atom. The summed E-state index contributed by atoms with van der Waals surface area (Å²) in [6.45, 7) is 5.97. The SMILES string of the molecule is CCCCCCCCCOCC1CCON(C)C1. The van der Waals surface area contributed by atoms with Gasteiger partial charge in [-0.1, -0.05) is 45.4 Å². The maximum atomic E-state index is 5.77. The maximum Gasteiger partial charge on any atom is 0.0688 e. The van der Waals surface area contributed by atoms with E-state index in [9.17, 15) is 0 Å². The molecule has 0 radical (unpaired) electrons. The fourth-order valence-corrected chi connectivity index (χ4v) is 2.43. The molecule has 3 heteroatoms. The van der Waals surface area contributed by atoms with E-state index in [1.165, 1.54) is 44.9 Å². The topological polar surface area (TPSA) is 21.7 Å². The van der Waals surface area contributed by atoms with Crippen LogP contribution in [0.15, 0.2) is 0 Å². The molecular formula is C15H31NO2. The zero-order chi connectivity index (χ0) is 13.1. The normalized spacial score (nSPS) is 21.3. The van der Waals surface area contributed by atoms with E-state index in [-0.39, 0.29) is 0 Å². The van der Waals surface area contributed by atoms with Crippen molar-refractivity contribution in [3.8, 4) is 0 Å². The molecular weight excluding hydrogens is 226 g/mol. The summed E-state index contributed by atoms with van der Waals surface area (Å²) >= 11 is 0. The molecule has 1 fully saturated rings. The second-order valence-corrected chi connectivity index (χ2v) is 5.49. The van der Waals surface area contributed by atoms with Crippen molar-refractivity contribution in [3.05, 3.63) is 0 Å². The van der Waals surface area contributed by atoms with Gasteiger partial charge in [-0.05, 0) is 18.8 Å². The minimum Gasteiger partial charge on any atom is -0.381 e. The van der Waals surface area contributed by atoms with Gasteiger partial charge in [0.2, 0.25) is 0 Å². The molecule has 3 nitrogen and oxygen atoms in total. The fraction of sp³-hybridized carbons (Fsp3) is 1.00. The molecule has 1 aliphatic rings. The third kappa shape index (κ3) is 8.06. The van der Waals surface area contributed by atoms with Crippen LogP contribution >= 0.6 is 0 Å². The van der Waals surface area contributed by atoms with Crippen LogP contribution in [0, 0.1) is 5.92 Å². The zero-order valence-electron chi connectivity index (χ0n) is 12.3. The van der Waals surface area contributed by atoms with Crippen LogP contribution in [0.1, 0.15) is 58.3 Å². The van der Waals surface area contributed by atoms with Crippen LogP contribution < -0.4 is 0 Å². The first-order valence-electron chi connectivity index (χ1n) is 7.74. The Hall–Kier alpha value is -0.120. The molecule has 1 saturated heterocycles. The highest BCUT2D eigenvalue weighted by atomic mass is 16.7. The van der Waals surface area contributed by atoms with Crippen molar-refractivity contribution < 1.29 is 9.57 Å². The van der Waals surface area contributed by atoms with Crippen LogP contribution in [0.4, 0.5) is 0 Å². The summed E-state index contributed by atoms with van der Waals surface area (Å²) in [7, 11) is 2.00. The third-order valence-electron chi connectivity index (χ3n) is 3.60. The number of rotatable bonds is 10. The lowest BCUT2D eigenvalue weighted by molar-refractivity contribution is -0.182. The van der Waals surface area contributed by atoms with Gasteiger partial charge in [-0.25, -0.2) is 0 Å². The van der Waals surface area contributed by atoms with Crippen LogP contribution in [0.5, 0.6) is 0 Å². The molecule has 0 bridgehead atoms. The second-order valence-electron chi connectivity index (χ2n) is 5.49. The van der Waals surface area contributed by atoms with Crippen molar-refractivity contribution in [2.45, 2.75) is 58.3 Å². The Kier molecular flexibility index (Phi) is 9.54. The van der Waals surface area contributed by atoms with Crippen molar-refractivity contribution in [3.63, 3.8) is 0 Å². The van der Waals surface area contributed by atoms with Gasteiger partial charge in [0, 0.05) is 20.2 Å². The van der Waals surface area contributed by atoms with Crippen molar-refractivity contribution in [2.75, 3.05) is 33.4 Å². The molecule has 0 amide bonds. The fourth-order valence-electron chi connectivity index (χ4n) is 2.43. The molecule has 1 unspecified atom stereocenters. The molecule has 1 aliphatic heterocycles. The summed E-state index contributed by atoms with van der Waals surface area (Å²) in [4.78, 5) is 5.38. The Morgan fingerprint density at radius 2 is 1.83 bits per heavy atom. The summed E-state index contributed by atoms with van der Waals surface area (Å²) < 4.78 is 5.77. The average molecular weight is 257 g/mol. The molecule has 0 aromatic carbocycles. The van der Waals surface area contributed by atoms with Crippen molar-refractivity contribution in [2.24, 2.45) is 5.92 Å². The van der Waals surface area contributed by atoms with Crippen molar-refractivity contribution in [1.29, 1.82) is 0 Å². The van der Waals surface area contributed by atoms with Crippen molar-refractivity contribution >= 4 is 0 Å². The van der Waals surface area contributed by atoms with Gasteiger partial charge in [-0.3, -0.25) is 4.84 Å². The lowest BCUT2D eigenvalue weighted by Crippen LogP contribution is -2.35. The highest BCUT2D eigenvalue weighted by Crippen LogP contribution is 2.13. The lowest BCUT2D eigenvalue weighted by Gasteiger charge is -2.28. The number of unbranched alkanes of at least 4 members (excludes halogenated alkanes) is 6. The standard InChI is InChI=1S/C15H31NO2/c1-3-4-5-6-7-8-9-11-17-14-15-10-12-18-16(2)13-15/h15H,3-14H2,1-2H3. The molecule has 1 heterocycles. The van der Waals surface area contributed by atoms with Crippen LogP contribution in [-0.4, -0.2) is 38.5 Å². The molecule has 108 valence electrons. The van der Waals surface area contributed by atoms with Gasteiger partial charge in [0.1, 0.15) is 0 Å². The minimum atomic E-state index is 0.660. The zero-order valence-corrected chi connectivity index (χ0v) is 12.3. The number of hydrogen-bond donors (Lipinski definition) is 0. The molecule has 0 spiro atoms. The first-order valence-corrected chi connectivity index (χ1v) is 7.74. The Balaban J connectivity index is 1.80. The Labute approximate surface area is 113 Å². The molecule has 0 aliphatic carbocycles. The number of hydrogen-bond acceptors (Lipinski definition) is 3. The lowest BCUT2D eigenvalue weighted by atomic mass is 10.1. The molecule has 0 aromatic rings. The van der Waals surface area contributed by atoms with E-state index >= 15 is 0 Å².